The van der Waals surface area contributed by atoms with Crippen molar-refractivity contribution in [1.29, 1.82) is 0 Å². The number of hydrogen-bond donors (Lipinski definition) is 2. The number of nitrogens with one attached hydrogen (secondary N) is 2. The standard InChI is InChI=1S/C17H18F2N2O/c1-11(13-6-4-3-5-7-13)20-12(2)17(22)21-16-9-8-14(18)10-15(16)19/h3-12,20H,1-2H3,(H,21,22)/t11-,12+/m0/s1. The van der Waals surface area contributed by atoms with Gasteiger partial charge in [0, 0.05) is 12.1 Å². The SMILES string of the molecule is C[C@H](N[C@H](C)C(=O)Nc1ccc(F)cc1F)c1ccccc1. The second-order valence-corrected chi connectivity index (χ2v) is 5.13. The van der Waals surface area contributed by atoms with E-state index in [1.165, 1.54) is 6.07 Å². The lowest BCUT2D eigenvalue weighted by Gasteiger charge is -2.20. The van der Waals surface area contributed by atoms with E-state index in [1.54, 1.807) is 6.92 Å². The molecule has 0 heterocycles. The van der Waals surface area contributed by atoms with Gasteiger partial charge in [0.15, 0.2) is 0 Å². The molecule has 2 aromatic rings. The maximum Gasteiger partial charge on any atom is 0.241 e. The van der Waals surface area contributed by atoms with Gasteiger partial charge in [0.1, 0.15) is 11.6 Å². The molecular formula is C17H18F2N2O. The van der Waals surface area contributed by atoms with E-state index in [1.807, 2.05) is 37.3 Å². The topological polar surface area (TPSA) is 41.1 Å². The molecule has 0 aliphatic rings. The minimum absolute atomic E-state index is 0.0278. The highest BCUT2D eigenvalue weighted by Crippen LogP contribution is 2.16. The first-order valence-corrected chi connectivity index (χ1v) is 7.04. The monoisotopic (exact) mass is 304 g/mol. The van der Waals surface area contributed by atoms with Crippen molar-refractivity contribution < 1.29 is 13.6 Å². The normalized spacial score (nSPS) is 13.5. The summed E-state index contributed by atoms with van der Waals surface area (Å²) in [4.78, 5) is 12.1. The van der Waals surface area contributed by atoms with E-state index in [-0.39, 0.29) is 17.6 Å². The molecule has 2 N–H and O–H groups in total. The third-order valence-corrected chi connectivity index (χ3v) is 3.38. The molecule has 2 aromatic carbocycles. The highest BCUT2D eigenvalue weighted by atomic mass is 19.1. The van der Waals surface area contributed by atoms with Gasteiger partial charge in [-0.2, -0.15) is 0 Å². The second kappa shape index (κ2) is 7.13. The number of rotatable bonds is 5. The van der Waals surface area contributed by atoms with Crippen LogP contribution in [0.15, 0.2) is 48.5 Å². The average molecular weight is 304 g/mol. The highest BCUT2D eigenvalue weighted by Gasteiger charge is 2.17. The molecule has 0 aromatic heterocycles. The largest absolute Gasteiger partial charge is 0.322 e. The predicted molar refractivity (Wildman–Crippen MR) is 82.4 cm³/mol. The van der Waals surface area contributed by atoms with Gasteiger partial charge in [0.2, 0.25) is 5.91 Å². The molecule has 0 unspecified atom stereocenters. The quantitative estimate of drug-likeness (QED) is 0.885. The van der Waals surface area contributed by atoms with Crippen LogP contribution in [-0.4, -0.2) is 11.9 Å². The van der Waals surface area contributed by atoms with Crippen LogP contribution in [0.1, 0.15) is 25.5 Å². The van der Waals surface area contributed by atoms with Gasteiger partial charge in [-0.25, -0.2) is 8.78 Å². The molecule has 0 spiro atoms. The number of halogens is 2. The molecular weight excluding hydrogens is 286 g/mol. The van der Waals surface area contributed by atoms with Crippen molar-refractivity contribution >= 4 is 11.6 Å². The van der Waals surface area contributed by atoms with Crippen LogP contribution in [0.2, 0.25) is 0 Å². The Hall–Kier alpha value is -2.27. The molecule has 2 atom stereocenters. The van der Waals surface area contributed by atoms with Crippen LogP contribution in [0.4, 0.5) is 14.5 Å². The van der Waals surface area contributed by atoms with Crippen molar-refractivity contribution in [2.45, 2.75) is 25.9 Å². The maximum absolute atomic E-state index is 13.5. The lowest BCUT2D eigenvalue weighted by molar-refractivity contribution is -0.118. The van der Waals surface area contributed by atoms with Crippen molar-refractivity contribution in [3.05, 3.63) is 65.7 Å². The Morgan fingerprint density at radius 2 is 1.73 bits per heavy atom. The Kier molecular flexibility index (Phi) is 5.22. The van der Waals surface area contributed by atoms with Gasteiger partial charge < -0.3 is 5.32 Å². The fourth-order valence-corrected chi connectivity index (χ4v) is 2.12. The average Bonchev–Trinajstić information content (AvgIpc) is 2.50. The van der Waals surface area contributed by atoms with Gasteiger partial charge in [-0.15, -0.1) is 0 Å². The van der Waals surface area contributed by atoms with Crippen LogP contribution in [0, 0.1) is 11.6 Å². The van der Waals surface area contributed by atoms with Gasteiger partial charge in [0.05, 0.1) is 11.7 Å². The summed E-state index contributed by atoms with van der Waals surface area (Å²) < 4.78 is 26.4. The summed E-state index contributed by atoms with van der Waals surface area (Å²) >= 11 is 0. The van der Waals surface area contributed by atoms with Crippen molar-refractivity contribution in [3.63, 3.8) is 0 Å². The number of anilines is 1. The van der Waals surface area contributed by atoms with Gasteiger partial charge in [0.25, 0.3) is 0 Å². The molecule has 2 rings (SSSR count). The Labute approximate surface area is 128 Å². The van der Waals surface area contributed by atoms with E-state index in [0.29, 0.717) is 0 Å². The molecule has 0 fully saturated rings. The Morgan fingerprint density at radius 1 is 1.05 bits per heavy atom. The summed E-state index contributed by atoms with van der Waals surface area (Å²) in [6.07, 6.45) is 0. The van der Waals surface area contributed by atoms with Crippen molar-refractivity contribution in [1.82, 2.24) is 5.32 Å². The smallest absolute Gasteiger partial charge is 0.241 e. The molecule has 22 heavy (non-hydrogen) atoms. The van der Waals surface area contributed by atoms with E-state index < -0.39 is 17.7 Å². The van der Waals surface area contributed by atoms with Crippen molar-refractivity contribution in [2.75, 3.05) is 5.32 Å². The minimum atomic E-state index is -0.795. The van der Waals surface area contributed by atoms with E-state index in [9.17, 15) is 13.6 Å². The van der Waals surface area contributed by atoms with E-state index in [0.717, 1.165) is 17.7 Å². The third kappa shape index (κ3) is 4.11. The molecule has 0 saturated heterocycles. The van der Waals surface area contributed by atoms with E-state index in [2.05, 4.69) is 10.6 Å². The Bertz CT molecular complexity index is 646. The van der Waals surface area contributed by atoms with Crippen LogP contribution >= 0.6 is 0 Å². The summed E-state index contributed by atoms with van der Waals surface area (Å²) in [6, 6.07) is 12.2. The minimum Gasteiger partial charge on any atom is -0.322 e. The van der Waals surface area contributed by atoms with Gasteiger partial charge in [-0.1, -0.05) is 30.3 Å². The van der Waals surface area contributed by atoms with Crippen LogP contribution in [0.3, 0.4) is 0 Å². The summed E-state index contributed by atoms with van der Waals surface area (Å²) in [6.45, 7) is 3.63. The molecule has 0 saturated carbocycles. The lowest BCUT2D eigenvalue weighted by atomic mass is 10.1. The van der Waals surface area contributed by atoms with Crippen LogP contribution in [-0.2, 0) is 4.79 Å². The molecule has 116 valence electrons. The fourth-order valence-electron chi connectivity index (χ4n) is 2.12. The lowest BCUT2D eigenvalue weighted by Crippen LogP contribution is -2.39. The summed E-state index contributed by atoms with van der Waals surface area (Å²) in [7, 11) is 0. The molecule has 5 heteroatoms. The summed E-state index contributed by atoms with van der Waals surface area (Å²) in [5, 5.41) is 5.59. The molecule has 0 aliphatic carbocycles. The van der Waals surface area contributed by atoms with Crippen molar-refractivity contribution in [2.24, 2.45) is 0 Å². The van der Waals surface area contributed by atoms with Crippen LogP contribution < -0.4 is 10.6 Å². The second-order valence-electron chi connectivity index (χ2n) is 5.13. The number of carbonyl (C=O) groups excluding carboxylic acids is 1. The molecule has 0 aliphatic heterocycles. The van der Waals surface area contributed by atoms with Crippen molar-refractivity contribution in [3.8, 4) is 0 Å². The van der Waals surface area contributed by atoms with E-state index >= 15 is 0 Å². The number of benzene rings is 2. The number of carbonyl (C=O) groups is 1. The first kappa shape index (κ1) is 16.1. The zero-order chi connectivity index (χ0) is 16.1. The number of hydrogen-bond acceptors (Lipinski definition) is 2. The van der Waals surface area contributed by atoms with Gasteiger partial charge in [-0.05, 0) is 31.5 Å². The third-order valence-electron chi connectivity index (χ3n) is 3.38. The molecule has 0 radical (unpaired) electrons. The predicted octanol–water partition coefficient (Wildman–Crippen LogP) is 3.64. The zero-order valence-corrected chi connectivity index (χ0v) is 12.4. The van der Waals surface area contributed by atoms with Crippen LogP contribution in [0.5, 0.6) is 0 Å². The summed E-state index contributed by atoms with van der Waals surface area (Å²) in [5.74, 6) is -1.86. The number of amides is 1. The summed E-state index contributed by atoms with van der Waals surface area (Å²) in [5.41, 5.74) is 1.02. The Balaban J connectivity index is 1.97. The molecule has 3 nitrogen and oxygen atoms in total. The van der Waals surface area contributed by atoms with Gasteiger partial charge >= 0.3 is 0 Å². The fraction of sp³-hybridized carbons (Fsp3) is 0.235. The van der Waals surface area contributed by atoms with Gasteiger partial charge in [-0.3, -0.25) is 10.1 Å². The molecule has 1 amide bonds. The zero-order valence-electron chi connectivity index (χ0n) is 12.4. The van der Waals surface area contributed by atoms with Crippen LogP contribution in [0.25, 0.3) is 0 Å². The first-order valence-electron chi connectivity index (χ1n) is 7.04. The maximum atomic E-state index is 13.5. The highest BCUT2D eigenvalue weighted by molar-refractivity contribution is 5.94. The Morgan fingerprint density at radius 3 is 2.36 bits per heavy atom. The first-order chi connectivity index (χ1) is 10.5. The molecule has 0 bridgehead atoms. The van der Waals surface area contributed by atoms with E-state index in [4.69, 9.17) is 0 Å².